The normalized spacial score (nSPS) is 11.3. The molecule has 8 nitrogen and oxygen atoms in total. The number of methoxy groups -OCH3 is 4. The second-order valence-corrected chi connectivity index (χ2v) is 8.43. The van der Waals surface area contributed by atoms with E-state index in [2.05, 4.69) is 5.32 Å². The average molecular weight is 515 g/mol. The second-order valence-electron chi connectivity index (χ2n) is 8.43. The maximum atomic E-state index is 12.9. The zero-order valence-corrected chi connectivity index (χ0v) is 21.9. The molecule has 1 heterocycles. The van der Waals surface area contributed by atoms with Gasteiger partial charge in [-0.25, -0.2) is 0 Å². The first kappa shape index (κ1) is 26.2. The van der Waals surface area contributed by atoms with Crippen molar-refractivity contribution in [3.05, 3.63) is 83.7 Å². The molecule has 4 rings (SSSR count). The van der Waals surface area contributed by atoms with Crippen molar-refractivity contribution in [2.24, 2.45) is 7.05 Å². The van der Waals surface area contributed by atoms with Gasteiger partial charge < -0.3 is 33.9 Å². The lowest BCUT2D eigenvalue weighted by atomic mass is 10.1. The Bertz CT molecular complexity index is 1510. The first-order valence-electron chi connectivity index (χ1n) is 11.8. The van der Waals surface area contributed by atoms with E-state index in [-0.39, 0.29) is 17.3 Å². The number of allylic oxidation sites excluding steroid dienone is 1. The number of fused-ring (bicyclic) bond motifs is 1. The zero-order chi connectivity index (χ0) is 27.2. The average Bonchev–Trinajstić information content (AvgIpc) is 3.27. The highest BCUT2D eigenvalue weighted by Crippen LogP contribution is 2.39. The molecule has 0 aliphatic rings. The van der Waals surface area contributed by atoms with Gasteiger partial charge in [-0.1, -0.05) is 30.4 Å². The molecule has 38 heavy (non-hydrogen) atoms. The van der Waals surface area contributed by atoms with Crippen LogP contribution in [0.25, 0.3) is 23.1 Å². The highest BCUT2D eigenvalue weighted by atomic mass is 16.5. The van der Waals surface area contributed by atoms with Crippen LogP contribution in [0.4, 0.5) is 5.69 Å². The van der Waals surface area contributed by atoms with E-state index in [0.717, 1.165) is 16.5 Å². The molecule has 0 saturated carbocycles. The smallest absolute Gasteiger partial charge is 0.203 e. The Morgan fingerprint density at radius 2 is 1.50 bits per heavy atom. The van der Waals surface area contributed by atoms with Crippen LogP contribution >= 0.6 is 0 Å². The molecule has 0 aliphatic carbocycles. The van der Waals surface area contributed by atoms with E-state index in [4.69, 9.17) is 18.9 Å². The molecule has 1 aromatic heterocycles. The fraction of sp³-hybridized carbons (Fsp3) is 0.167. The summed E-state index contributed by atoms with van der Waals surface area (Å²) in [4.78, 5) is 12.9. The number of aromatic hydroxyl groups is 1. The van der Waals surface area contributed by atoms with Gasteiger partial charge in [0.15, 0.2) is 28.8 Å². The minimum Gasteiger partial charge on any atom is -0.504 e. The number of rotatable bonds is 10. The topological polar surface area (TPSA) is 91.2 Å². The number of phenolic OH excluding ortho intramolecular Hbond substituents is 1. The van der Waals surface area contributed by atoms with Crippen LogP contribution in [0.5, 0.6) is 28.7 Å². The third-order valence-electron chi connectivity index (χ3n) is 6.09. The van der Waals surface area contributed by atoms with Gasteiger partial charge in [0.05, 0.1) is 34.1 Å². The zero-order valence-electron chi connectivity index (χ0n) is 21.9. The number of hydrogen-bond acceptors (Lipinski definition) is 7. The quantitative estimate of drug-likeness (QED) is 0.155. The van der Waals surface area contributed by atoms with E-state index in [9.17, 15) is 9.90 Å². The Hall–Kier alpha value is -4.85. The van der Waals surface area contributed by atoms with Crippen molar-refractivity contribution in [2.75, 3.05) is 33.8 Å². The minimum absolute atomic E-state index is 0.0455. The standard InChI is InChI=1S/C30H30N2O6/c1-32-18-22(21-8-6-7-9-24(21)32)25(33)12-13-31-23-14-19(15-26(34)29(23)37-4)10-11-20-16-27(35-2)30(38-5)28(17-20)36-3/h6-18,31,34H,1-5H3/b11-10-,13-12-. The van der Waals surface area contributed by atoms with E-state index < -0.39 is 0 Å². The van der Waals surface area contributed by atoms with Gasteiger partial charge in [0.2, 0.25) is 5.75 Å². The molecule has 0 aliphatic heterocycles. The van der Waals surface area contributed by atoms with Crippen LogP contribution in [-0.4, -0.2) is 43.9 Å². The molecule has 0 fully saturated rings. The number of nitrogens with zero attached hydrogens (tertiary/aromatic N) is 1. The Balaban J connectivity index is 1.58. The van der Waals surface area contributed by atoms with E-state index in [1.54, 1.807) is 33.5 Å². The van der Waals surface area contributed by atoms with Gasteiger partial charge in [-0.15, -0.1) is 0 Å². The lowest BCUT2D eigenvalue weighted by Crippen LogP contribution is -1.98. The third kappa shape index (κ3) is 5.29. The molecular formula is C30H30N2O6. The van der Waals surface area contributed by atoms with Gasteiger partial charge in [0.25, 0.3) is 0 Å². The molecule has 3 aromatic carbocycles. The van der Waals surface area contributed by atoms with Gasteiger partial charge in [-0.3, -0.25) is 4.79 Å². The summed E-state index contributed by atoms with van der Waals surface area (Å²) in [6.45, 7) is 0. The monoisotopic (exact) mass is 514 g/mol. The van der Waals surface area contributed by atoms with E-state index in [0.29, 0.717) is 34.1 Å². The molecule has 0 bridgehead atoms. The number of carbonyl (C=O) groups excluding carboxylic acids is 1. The fourth-order valence-corrected chi connectivity index (χ4v) is 4.28. The van der Waals surface area contributed by atoms with Gasteiger partial charge in [-0.05, 0) is 41.5 Å². The first-order valence-corrected chi connectivity index (χ1v) is 11.8. The fourth-order valence-electron chi connectivity index (χ4n) is 4.28. The number of benzene rings is 3. The Morgan fingerprint density at radius 1 is 0.868 bits per heavy atom. The maximum Gasteiger partial charge on any atom is 0.203 e. The maximum absolute atomic E-state index is 12.9. The van der Waals surface area contributed by atoms with Crippen molar-refractivity contribution >= 4 is 34.5 Å². The minimum atomic E-state index is -0.143. The highest BCUT2D eigenvalue weighted by molar-refractivity contribution is 6.13. The Kier molecular flexibility index (Phi) is 7.91. The van der Waals surface area contributed by atoms with Gasteiger partial charge in [0.1, 0.15) is 0 Å². The highest BCUT2D eigenvalue weighted by Gasteiger charge is 2.14. The summed E-state index contributed by atoms with van der Waals surface area (Å²) in [6.07, 6.45) is 8.49. The summed E-state index contributed by atoms with van der Waals surface area (Å²) < 4.78 is 23.5. The van der Waals surface area contributed by atoms with E-state index >= 15 is 0 Å². The number of phenols is 1. The van der Waals surface area contributed by atoms with Crippen molar-refractivity contribution in [1.82, 2.24) is 4.57 Å². The van der Waals surface area contributed by atoms with Crippen LogP contribution in [0, 0.1) is 0 Å². The van der Waals surface area contributed by atoms with Crippen LogP contribution in [0.2, 0.25) is 0 Å². The molecule has 8 heteroatoms. The lowest BCUT2D eigenvalue weighted by Gasteiger charge is -2.13. The largest absolute Gasteiger partial charge is 0.504 e. The molecule has 0 atom stereocenters. The molecule has 2 N–H and O–H groups in total. The summed E-state index contributed by atoms with van der Waals surface area (Å²) in [7, 11) is 8.04. The van der Waals surface area contributed by atoms with Gasteiger partial charge in [-0.2, -0.15) is 0 Å². The SMILES string of the molecule is COc1cc(/C=C\c2cc(O)c(OC)c(N/C=C\C(=O)c3cn(C)c4ccccc34)c2)cc(OC)c1OC. The Morgan fingerprint density at radius 3 is 2.13 bits per heavy atom. The van der Waals surface area contributed by atoms with Crippen molar-refractivity contribution in [2.45, 2.75) is 0 Å². The van der Waals surface area contributed by atoms with E-state index in [1.807, 2.05) is 66.4 Å². The number of carbonyl (C=O) groups is 1. The number of ketones is 1. The van der Waals surface area contributed by atoms with Crippen LogP contribution in [0.15, 0.2) is 67.0 Å². The first-order chi connectivity index (χ1) is 18.4. The molecule has 0 saturated heterocycles. The molecule has 196 valence electrons. The molecule has 0 amide bonds. The molecule has 4 aromatic rings. The number of anilines is 1. The number of ether oxygens (including phenoxy) is 4. The van der Waals surface area contributed by atoms with E-state index in [1.165, 1.54) is 19.4 Å². The molecular weight excluding hydrogens is 484 g/mol. The van der Waals surface area contributed by atoms with Crippen molar-refractivity contribution in [1.29, 1.82) is 0 Å². The number of nitrogens with one attached hydrogen (secondary N) is 1. The summed E-state index contributed by atoms with van der Waals surface area (Å²) in [5, 5.41) is 14.5. The molecule has 0 radical (unpaired) electrons. The molecule has 0 unspecified atom stereocenters. The summed E-state index contributed by atoms with van der Waals surface area (Å²) >= 11 is 0. The third-order valence-corrected chi connectivity index (χ3v) is 6.09. The second kappa shape index (κ2) is 11.5. The van der Waals surface area contributed by atoms with Crippen molar-refractivity contribution in [3.8, 4) is 28.7 Å². The summed E-state index contributed by atoms with van der Waals surface area (Å²) in [5.74, 6) is 1.65. The lowest BCUT2D eigenvalue weighted by molar-refractivity contribution is 0.104. The number of para-hydroxylation sites is 1. The number of hydrogen-bond donors (Lipinski definition) is 2. The van der Waals surface area contributed by atoms with Crippen LogP contribution in [-0.2, 0) is 7.05 Å². The molecule has 0 spiro atoms. The number of aryl methyl sites for hydroxylation is 1. The number of aromatic nitrogens is 1. The Labute approximate surface area is 221 Å². The van der Waals surface area contributed by atoms with Crippen molar-refractivity contribution < 1.29 is 28.8 Å². The predicted molar refractivity (Wildman–Crippen MR) is 150 cm³/mol. The van der Waals surface area contributed by atoms with Crippen molar-refractivity contribution in [3.63, 3.8) is 0 Å². The summed E-state index contributed by atoms with van der Waals surface area (Å²) in [6, 6.07) is 14.8. The predicted octanol–water partition coefficient (Wildman–Crippen LogP) is 5.90. The van der Waals surface area contributed by atoms with Gasteiger partial charge in [0, 0.05) is 42.0 Å². The van der Waals surface area contributed by atoms with Crippen LogP contribution in [0.3, 0.4) is 0 Å². The van der Waals surface area contributed by atoms with Crippen LogP contribution in [0.1, 0.15) is 21.5 Å². The van der Waals surface area contributed by atoms with Crippen LogP contribution < -0.4 is 24.3 Å². The summed E-state index contributed by atoms with van der Waals surface area (Å²) in [5.41, 5.74) is 3.60. The van der Waals surface area contributed by atoms with Gasteiger partial charge >= 0.3 is 0 Å².